The minimum Gasteiger partial charge on any atom is -0.504 e. The largest absolute Gasteiger partial charge is 0.504 e. The molecule has 0 amide bonds. The van der Waals surface area contributed by atoms with Crippen molar-refractivity contribution in [1.82, 2.24) is 0 Å². The molecule has 0 heterocycles. The van der Waals surface area contributed by atoms with E-state index in [2.05, 4.69) is 0 Å². The number of rotatable bonds is 3. The van der Waals surface area contributed by atoms with Crippen molar-refractivity contribution < 1.29 is 19.7 Å². The highest BCUT2D eigenvalue weighted by Crippen LogP contribution is 2.24. The van der Waals surface area contributed by atoms with Crippen LogP contribution in [0.25, 0.3) is 0 Å². The average Bonchev–Trinajstić information content (AvgIpc) is 2.12. The fraction of sp³-hybridized carbons (Fsp3) is 0.300. The van der Waals surface area contributed by atoms with Crippen molar-refractivity contribution in [2.24, 2.45) is 0 Å². The third-order valence-electron chi connectivity index (χ3n) is 1.69. The van der Waals surface area contributed by atoms with Gasteiger partial charge in [-0.3, -0.25) is 4.79 Å². The summed E-state index contributed by atoms with van der Waals surface area (Å²) in [6.07, 6.45) is 0.0989. The summed E-state index contributed by atoms with van der Waals surface area (Å²) in [4.78, 5) is 11.0. The van der Waals surface area contributed by atoms with Gasteiger partial charge in [-0.25, -0.2) is 0 Å². The van der Waals surface area contributed by atoms with Gasteiger partial charge in [-0.1, -0.05) is 6.07 Å². The Morgan fingerprint density at radius 1 is 1.36 bits per heavy atom. The van der Waals surface area contributed by atoms with Crippen molar-refractivity contribution in [1.29, 1.82) is 0 Å². The molecule has 0 atom stereocenters. The van der Waals surface area contributed by atoms with E-state index < -0.39 is 0 Å². The number of esters is 1. The zero-order valence-corrected chi connectivity index (χ0v) is 7.86. The third-order valence-corrected chi connectivity index (χ3v) is 1.69. The second-order valence-corrected chi connectivity index (χ2v) is 2.80. The first-order valence-corrected chi connectivity index (χ1v) is 4.30. The van der Waals surface area contributed by atoms with Gasteiger partial charge in [0.1, 0.15) is 0 Å². The van der Waals surface area contributed by atoms with Crippen LogP contribution in [0.1, 0.15) is 12.5 Å². The van der Waals surface area contributed by atoms with E-state index in [1.165, 1.54) is 12.1 Å². The van der Waals surface area contributed by atoms with Crippen LogP contribution in [0.4, 0.5) is 0 Å². The van der Waals surface area contributed by atoms with Crippen molar-refractivity contribution in [3.05, 3.63) is 23.8 Å². The monoisotopic (exact) mass is 196 g/mol. The molecule has 0 fully saturated rings. The molecule has 0 aliphatic carbocycles. The number of aromatic hydroxyl groups is 2. The van der Waals surface area contributed by atoms with E-state index in [1.807, 2.05) is 0 Å². The number of carbonyl (C=O) groups is 1. The normalized spacial score (nSPS) is 9.79. The molecule has 0 saturated carbocycles. The SMILES string of the molecule is CCOC(=O)Cc1ccc(O)c(O)c1. The number of phenols is 2. The Hall–Kier alpha value is -1.71. The minimum absolute atomic E-state index is 0.0989. The molecule has 1 rings (SSSR count). The lowest BCUT2D eigenvalue weighted by Crippen LogP contribution is -2.07. The van der Waals surface area contributed by atoms with Crippen LogP contribution in [0.15, 0.2) is 18.2 Å². The average molecular weight is 196 g/mol. The molecule has 1 aromatic carbocycles. The maximum Gasteiger partial charge on any atom is 0.310 e. The van der Waals surface area contributed by atoms with Crippen molar-refractivity contribution in [2.45, 2.75) is 13.3 Å². The number of carbonyl (C=O) groups excluding carboxylic acids is 1. The van der Waals surface area contributed by atoms with Gasteiger partial charge < -0.3 is 14.9 Å². The van der Waals surface area contributed by atoms with E-state index in [9.17, 15) is 4.79 Å². The maximum atomic E-state index is 11.0. The summed E-state index contributed by atoms with van der Waals surface area (Å²) in [6.45, 7) is 2.06. The summed E-state index contributed by atoms with van der Waals surface area (Å²) in [5.41, 5.74) is 0.610. The Balaban J connectivity index is 2.68. The molecule has 4 heteroatoms. The van der Waals surface area contributed by atoms with Crippen LogP contribution in [0, 0.1) is 0 Å². The molecule has 0 saturated heterocycles. The van der Waals surface area contributed by atoms with Gasteiger partial charge in [-0.05, 0) is 24.6 Å². The lowest BCUT2D eigenvalue weighted by molar-refractivity contribution is -0.142. The Labute approximate surface area is 81.8 Å². The first-order chi connectivity index (χ1) is 6.63. The molecule has 14 heavy (non-hydrogen) atoms. The summed E-state index contributed by atoms with van der Waals surface area (Å²) in [5, 5.41) is 18.2. The van der Waals surface area contributed by atoms with Gasteiger partial charge in [-0.15, -0.1) is 0 Å². The molecule has 0 aromatic heterocycles. The van der Waals surface area contributed by atoms with E-state index in [0.29, 0.717) is 12.2 Å². The number of hydrogen-bond acceptors (Lipinski definition) is 4. The van der Waals surface area contributed by atoms with Gasteiger partial charge in [0, 0.05) is 0 Å². The molecule has 0 unspecified atom stereocenters. The Kier molecular flexibility index (Phi) is 3.34. The van der Waals surface area contributed by atoms with Crippen LogP contribution >= 0.6 is 0 Å². The smallest absolute Gasteiger partial charge is 0.310 e. The van der Waals surface area contributed by atoms with Crippen LogP contribution < -0.4 is 0 Å². The predicted octanol–water partition coefficient (Wildman–Crippen LogP) is 1.20. The zero-order chi connectivity index (χ0) is 10.6. The van der Waals surface area contributed by atoms with Crippen LogP contribution in [0.3, 0.4) is 0 Å². The number of benzene rings is 1. The van der Waals surface area contributed by atoms with Crippen molar-refractivity contribution >= 4 is 5.97 Å². The molecule has 0 radical (unpaired) electrons. The summed E-state index contributed by atoms with van der Waals surface area (Å²) in [7, 11) is 0. The molecular weight excluding hydrogens is 184 g/mol. The highest BCUT2D eigenvalue weighted by molar-refractivity contribution is 5.72. The van der Waals surface area contributed by atoms with E-state index in [-0.39, 0.29) is 23.9 Å². The summed E-state index contributed by atoms with van der Waals surface area (Å²) in [5.74, 6) is -0.776. The molecule has 76 valence electrons. The molecule has 4 nitrogen and oxygen atoms in total. The molecule has 0 aliphatic heterocycles. The fourth-order valence-corrected chi connectivity index (χ4v) is 1.06. The lowest BCUT2D eigenvalue weighted by Gasteiger charge is -2.03. The zero-order valence-electron chi connectivity index (χ0n) is 7.86. The Bertz CT molecular complexity index is 333. The van der Waals surface area contributed by atoms with Gasteiger partial charge in [0.2, 0.25) is 0 Å². The predicted molar refractivity (Wildman–Crippen MR) is 50.1 cm³/mol. The van der Waals surface area contributed by atoms with Crippen LogP contribution in [0.5, 0.6) is 11.5 Å². The minimum atomic E-state index is -0.349. The number of ether oxygens (including phenoxy) is 1. The first-order valence-electron chi connectivity index (χ1n) is 4.30. The van der Waals surface area contributed by atoms with Gasteiger partial charge in [0.05, 0.1) is 13.0 Å². The second kappa shape index (κ2) is 4.50. The van der Waals surface area contributed by atoms with Gasteiger partial charge in [-0.2, -0.15) is 0 Å². The summed E-state index contributed by atoms with van der Waals surface area (Å²) < 4.78 is 4.73. The summed E-state index contributed by atoms with van der Waals surface area (Å²) >= 11 is 0. The quantitative estimate of drug-likeness (QED) is 0.563. The van der Waals surface area contributed by atoms with E-state index >= 15 is 0 Å². The number of hydrogen-bond donors (Lipinski definition) is 2. The molecule has 0 bridgehead atoms. The van der Waals surface area contributed by atoms with Crippen LogP contribution in [-0.4, -0.2) is 22.8 Å². The Morgan fingerprint density at radius 2 is 2.07 bits per heavy atom. The van der Waals surface area contributed by atoms with Gasteiger partial charge >= 0.3 is 5.97 Å². The molecule has 0 spiro atoms. The van der Waals surface area contributed by atoms with E-state index in [1.54, 1.807) is 13.0 Å². The highest BCUT2D eigenvalue weighted by Gasteiger charge is 2.06. The van der Waals surface area contributed by atoms with Gasteiger partial charge in [0.15, 0.2) is 11.5 Å². The number of phenolic OH excluding ortho intramolecular Hbond substituents is 2. The standard InChI is InChI=1S/C10H12O4/c1-2-14-10(13)6-7-3-4-8(11)9(12)5-7/h3-5,11-12H,2,6H2,1H3. The van der Waals surface area contributed by atoms with Crippen molar-refractivity contribution in [3.8, 4) is 11.5 Å². The second-order valence-electron chi connectivity index (χ2n) is 2.80. The summed E-state index contributed by atoms with van der Waals surface area (Å²) in [6, 6.07) is 4.24. The van der Waals surface area contributed by atoms with Gasteiger partial charge in [0.25, 0.3) is 0 Å². The maximum absolute atomic E-state index is 11.0. The van der Waals surface area contributed by atoms with E-state index in [4.69, 9.17) is 14.9 Å². The molecule has 1 aromatic rings. The van der Waals surface area contributed by atoms with E-state index in [0.717, 1.165) is 0 Å². The Morgan fingerprint density at radius 3 is 2.64 bits per heavy atom. The molecule has 0 aliphatic rings. The first kappa shape index (κ1) is 10.4. The fourth-order valence-electron chi connectivity index (χ4n) is 1.06. The highest BCUT2D eigenvalue weighted by atomic mass is 16.5. The van der Waals surface area contributed by atoms with Crippen molar-refractivity contribution in [3.63, 3.8) is 0 Å². The molecular formula is C10H12O4. The van der Waals surface area contributed by atoms with Crippen LogP contribution in [-0.2, 0) is 16.0 Å². The topological polar surface area (TPSA) is 66.8 Å². The van der Waals surface area contributed by atoms with Crippen molar-refractivity contribution in [2.75, 3.05) is 6.61 Å². The van der Waals surface area contributed by atoms with Crippen LogP contribution in [0.2, 0.25) is 0 Å². The third kappa shape index (κ3) is 2.65. The lowest BCUT2D eigenvalue weighted by atomic mass is 10.1. The molecule has 2 N–H and O–H groups in total.